The summed E-state index contributed by atoms with van der Waals surface area (Å²) < 4.78 is 31.5. The van der Waals surface area contributed by atoms with Crippen LogP contribution in [0.3, 0.4) is 0 Å². The molecule has 0 atom stereocenters. The summed E-state index contributed by atoms with van der Waals surface area (Å²) in [5.41, 5.74) is 5.99. The molecule has 2 aromatic carbocycles. The van der Waals surface area contributed by atoms with Crippen molar-refractivity contribution in [1.82, 2.24) is 0 Å². The first-order valence-corrected chi connectivity index (χ1v) is 6.89. The van der Waals surface area contributed by atoms with E-state index in [1.165, 1.54) is 17.8 Å². The van der Waals surface area contributed by atoms with Crippen molar-refractivity contribution in [3.05, 3.63) is 53.6 Å². The number of benzene rings is 2. The quantitative estimate of drug-likeness (QED) is 0.513. The summed E-state index contributed by atoms with van der Waals surface area (Å²) in [6.07, 6.45) is 1.85. The van der Waals surface area contributed by atoms with Gasteiger partial charge in [-0.1, -0.05) is 6.07 Å². The van der Waals surface area contributed by atoms with Crippen LogP contribution in [0.1, 0.15) is 5.56 Å². The summed E-state index contributed by atoms with van der Waals surface area (Å²) >= 11 is 1.42. The lowest BCUT2D eigenvalue weighted by atomic mass is 10.2. The Morgan fingerprint density at radius 3 is 2.55 bits per heavy atom. The summed E-state index contributed by atoms with van der Waals surface area (Å²) in [5, 5.41) is 7.61. The molecule has 0 spiro atoms. The lowest BCUT2D eigenvalue weighted by molar-refractivity contribution is 0.460. The van der Waals surface area contributed by atoms with E-state index in [1.807, 2.05) is 6.26 Å². The van der Waals surface area contributed by atoms with Crippen LogP contribution in [-0.4, -0.2) is 12.1 Å². The van der Waals surface area contributed by atoms with E-state index in [2.05, 4.69) is 0 Å². The minimum Gasteiger partial charge on any atom is -0.456 e. The zero-order valence-corrected chi connectivity index (χ0v) is 11.4. The zero-order valence-electron chi connectivity index (χ0n) is 10.6. The predicted octanol–water partition coefficient (Wildman–Crippen LogP) is 3.76. The normalized spacial score (nSPS) is 10.3. The number of amidine groups is 1. The van der Waals surface area contributed by atoms with Crippen molar-refractivity contribution in [3.8, 4) is 11.5 Å². The van der Waals surface area contributed by atoms with Gasteiger partial charge in [0.15, 0.2) is 11.6 Å². The fraction of sp³-hybridized carbons (Fsp3) is 0.0714. The number of thioether (sulfide) groups is 1. The van der Waals surface area contributed by atoms with Crippen LogP contribution in [0.15, 0.2) is 41.3 Å². The van der Waals surface area contributed by atoms with Crippen molar-refractivity contribution >= 4 is 17.6 Å². The highest BCUT2D eigenvalue weighted by molar-refractivity contribution is 7.98. The van der Waals surface area contributed by atoms with E-state index in [-0.39, 0.29) is 11.6 Å². The summed E-state index contributed by atoms with van der Waals surface area (Å²) in [7, 11) is 0. The molecule has 0 amide bonds. The van der Waals surface area contributed by atoms with Crippen molar-refractivity contribution in [2.24, 2.45) is 5.73 Å². The highest BCUT2D eigenvalue weighted by Crippen LogP contribution is 2.32. The van der Waals surface area contributed by atoms with Crippen molar-refractivity contribution in [3.63, 3.8) is 0 Å². The van der Waals surface area contributed by atoms with Crippen molar-refractivity contribution in [1.29, 1.82) is 5.41 Å². The maximum absolute atomic E-state index is 13.2. The third-order valence-electron chi connectivity index (χ3n) is 2.60. The second-order valence-corrected chi connectivity index (χ2v) is 4.77. The van der Waals surface area contributed by atoms with Crippen LogP contribution < -0.4 is 10.5 Å². The smallest absolute Gasteiger partial charge is 0.162 e. The zero-order chi connectivity index (χ0) is 14.7. The fourth-order valence-corrected chi connectivity index (χ4v) is 2.33. The van der Waals surface area contributed by atoms with Crippen LogP contribution >= 0.6 is 11.8 Å². The summed E-state index contributed by atoms with van der Waals surface area (Å²) in [6, 6.07) is 8.42. The molecule has 3 nitrogen and oxygen atoms in total. The maximum Gasteiger partial charge on any atom is 0.162 e. The number of halogens is 2. The summed E-state index contributed by atoms with van der Waals surface area (Å²) in [5.74, 6) is -1.61. The number of nitrogens with two attached hydrogens (primary N) is 1. The van der Waals surface area contributed by atoms with Crippen LogP contribution in [0.25, 0.3) is 0 Å². The van der Waals surface area contributed by atoms with E-state index in [1.54, 1.807) is 18.2 Å². The molecular formula is C14H12F2N2OS. The van der Waals surface area contributed by atoms with E-state index in [0.29, 0.717) is 11.3 Å². The van der Waals surface area contributed by atoms with Crippen molar-refractivity contribution in [2.45, 2.75) is 4.90 Å². The molecule has 2 rings (SSSR count). The third-order valence-corrected chi connectivity index (χ3v) is 3.38. The van der Waals surface area contributed by atoms with Gasteiger partial charge in [0, 0.05) is 11.0 Å². The van der Waals surface area contributed by atoms with E-state index < -0.39 is 11.6 Å². The van der Waals surface area contributed by atoms with E-state index in [0.717, 1.165) is 17.0 Å². The van der Waals surface area contributed by atoms with Crippen LogP contribution in [-0.2, 0) is 0 Å². The van der Waals surface area contributed by atoms with Crippen LogP contribution in [0.4, 0.5) is 8.78 Å². The van der Waals surface area contributed by atoms with Crippen LogP contribution in [0, 0.1) is 17.0 Å². The molecule has 0 aliphatic carbocycles. The average molecular weight is 294 g/mol. The molecule has 0 saturated heterocycles. The number of nitrogens with one attached hydrogen (secondary N) is 1. The largest absolute Gasteiger partial charge is 0.456 e. The van der Waals surface area contributed by atoms with E-state index in [4.69, 9.17) is 15.9 Å². The van der Waals surface area contributed by atoms with Gasteiger partial charge in [0.25, 0.3) is 0 Å². The molecule has 0 aliphatic rings. The Balaban J connectivity index is 2.42. The highest BCUT2D eigenvalue weighted by Gasteiger charge is 2.13. The molecule has 104 valence electrons. The summed E-state index contributed by atoms with van der Waals surface area (Å²) in [6.45, 7) is 0. The van der Waals surface area contributed by atoms with Gasteiger partial charge in [0.1, 0.15) is 17.3 Å². The second kappa shape index (κ2) is 5.92. The molecule has 0 heterocycles. The monoisotopic (exact) mass is 294 g/mol. The number of nitrogen functional groups attached to an aromatic ring is 1. The number of hydrogen-bond acceptors (Lipinski definition) is 3. The van der Waals surface area contributed by atoms with Gasteiger partial charge in [0.05, 0.1) is 5.56 Å². The lowest BCUT2D eigenvalue weighted by Crippen LogP contribution is -2.13. The molecule has 6 heteroatoms. The minimum atomic E-state index is -0.993. The Labute approximate surface area is 119 Å². The maximum atomic E-state index is 13.2. The first-order valence-electron chi connectivity index (χ1n) is 5.67. The van der Waals surface area contributed by atoms with Gasteiger partial charge in [-0.25, -0.2) is 8.78 Å². The molecule has 0 bridgehead atoms. The fourth-order valence-electron chi connectivity index (χ4n) is 1.70. The van der Waals surface area contributed by atoms with Gasteiger partial charge < -0.3 is 10.5 Å². The molecule has 0 saturated carbocycles. The Bertz CT molecular complexity index is 662. The van der Waals surface area contributed by atoms with Crippen molar-refractivity contribution < 1.29 is 13.5 Å². The SMILES string of the molecule is CSc1cccc(Oc2ccc(F)c(F)c2)c1C(=N)N. The molecule has 20 heavy (non-hydrogen) atoms. The van der Waals surface area contributed by atoms with Gasteiger partial charge in [-0.15, -0.1) is 11.8 Å². The predicted molar refractivity (Wildman–Crippen MR) is 75.7 cm³/mol. The van der Waals surface area contributed by atoms with Gasteiger partial charge in [0.2, 0.25) is 0 Å². The molecule has 3 N–H and O–H groups in total. The van der Waals surface area contributed by atoms with Gasteiger partial charge in [-0.05, 0) is 30.5 Å². The minimum absolute atomic E-state index is 0.143. The highest BCUT2D eigenvalue weighted by atomic mass is 32.2. The van der Waals surface area contributed by atoms with E-state index >= 15 is 0 Å². The Morgan fingerprint density at radius 1 is 1.20 bits per heavy atom. The van der Waals surface area contributed by atoms with Gasteiger partial charge in [-0.2, -0.15) is 0 Å². The number of ether oxygens (including phenoxy) is 1. The molecule has 0 radical (unpaired) electrons. The molecule has 0 aliphatic heterocycles. The number of rotatable bonds is 4. The third kappa shape index (κ3) is 2.91. The van der Waals surface area contributed by atoms with Crippen LogP contribution in [0.2, 0.25) is 0 Å². The van der Waals surface area contributed by atoms with E-state index in [9.17, 15) is 8.78 Å². The van der Waals surface area contributed by atoms with Gasteiger partial charge in [-0.3, -0.25) is 5.41 Å². The first-order chi connectivity index (χ1) is 9.52. The standard InChI is InChI=1S/C14H12F2N2OS/c1-20-12-4-2-3-11(13(12)14(17)18)19-8-5-6-9(15)10(16)7-8/h2-7H,1H3,(H3,17,18). The summed E-state index contributed by atoms with van der Waals surface area (Å²) in [4.78, 5) is 0.776. The lowest BCUT2D eigenvalue weighted by Gasteiger charge is -2.13. The second-order valence-electron chi connectivity index (χ2n) is 3.93. The van der Waals surface area contributed by atoms with Gasteiger partial charge >= 0.3 is 0 Å². The average Bonchev–Trinajstić information content (AvgIpc) is 2.42. The molecule has 0 aromatic heterocycles. The molecule has 0 fully saturated rings. The molecule has 0 unspecified atom stereocenters. The Hall–Kier alpha value is -2.08. The Kier molecular flexibility index (Phi) is 4.24. The van der Waals surface area contributed by atoms with Crippen LogP contribution in [0.5, 0.6) is 11.5 Å². The Morgan fingerprint density at radius 2 is 1.95 bits per heavy atom. The van der Waals surface area contributed by atoms with Crippen molar-refractivity contribution in [2.75, 3.05) is 6.26 Å². The molecule has 2 aromatic rings. The first kappa shape index (κ1) is 14.3. The molecular weight excluding hydrogens is 282 g/mol. The topological polar surface area (TPSA) is 59.1 Å². The number of hydrogen-bond donors (Lipinski definition) is 2.